The van der Waals surface area contributed by atoms with E-state index < -0.39 is 35.3 Å². The van der Waals surface area contributed by atoms with Crippen molar-refractivity contribution >= 4 is 23.9 Å². The van der Waals surface area contributed by atoms with Crippen LogP contribution in [0, 0.1) is 13.8 Å². The van der Waals surface area contributed by atoms with Gasteiger partial charge in [-0.05, 0) is 37.6 Å². The summed E-state index contributed by atoms with van der Waals surface area (Å²) in [4.78, 5) is 49.3. The van der Waals surface area contributed by atoms with Gasteiger partial charge >= 0.3 is 23.9 Å². The summed E-state index contributed by atoms with van der Waals surface area (Å²) < 4.78 is 0. The lowest BCUT2D eigenvalue weighted by Gasteiger charge is -2.04. The highest BCUT2D eigenvalue weighted by molar-refractivity contribution is 6.00. The Morgan fingerprint density at radius 1 is 0.808 bits per heavy atom. The fourth-order valence-electron chi connectivity index (χ4n) is 1.78. The van der Waals surface area contributed by atoms with Crippen molar-refractivity contribution in [3.05, 3.63) is 58.2 Å². The number of rotatable bonds is 4. The lowest BCUT2D eigenvalue weighted by atomic mass is 10.1. The minimum Gasteiger partial charge on any atom is -0.478 e. The Morgan fingerprint density at radius 3 is 1.77 bits per heavy atom. The van der Waals surface area contributed by atoms with Crippen LogP contribution in [0.2, 0.25) is 0 Å². The smallest absolute Gasteiger partial charge is 0.355 e. The minimum absolute atomic E-state index is 0.277. The summed E-state index contributed by atoms with van der Waals surface area (Å²) in [7, 11) is 0. The first-order valence-electron chi connectivity index (χ1n) is 6.92. The molecule has 0 spiro atoms. The third-order valence-corrected chi connectivity index (χ3v) is 3.14. The summed E-state index contributed by atoms with van der Waals surface area (Å²) >= 11 is 0. The van der Waals surface area contributed by atoms with Crippen LogP contribution in [0.4, 0.5) is 0 Å². The molecule has 10 nitrogen and oxygen atoms in total. The Kier molecular flexibility index (Phi) is 6.48. The summed E-state index contributed by atoms with van der Waals surface area (Å²) in [5.74, 6) is -5.24. The number of pyridine rings is 2. The second-order valence-electron chi connectivity index (χ2n) is 4.91. The first-order chi connectivity index (χ1) is 12.1. The van der Waals surface area contributed by atoms with E-state index in [1.54, 1.807) is 13.8 Å². The third kappa shape index (κ3) is 4.84. The number of nitrogens with zero attached hydrogens (tertiary/aromatic N) is 2. The van der Waals surface area contributed by atoms with Gasteiger partial charge < -0.3 is 20.4 Å². The van der Waals surface area contributed by atoms with Gasteiger partial charge in [-0.25, -0.2) is 29.1 Å². The molecule has 0 bridgehead atoms. The lowest BCUT2D eigenvalue weighted by molar-refractivity contribution is 0.0646. The summed E-state index contributed by atoms with van der Waals surface area (Å²) in [6.45, 7) is 3.31. The Bertz CT molecular complexity index is 820. The molecule has 2 aromatic rings. The van der Waals surface area contributed by atoms with Gasteiger partial charge in [0.2, 0.25) is 0 Å². The molecule has 2 heterocycles. The van der Waals surface area contributed by atoms with Crippen molar-refractivity contribution in [2.45, 2.75) is 13.8 Å². The number of carboxylic acid groups (broad SMARTS) is 4. The van der Waals surface area contributed by atoms with Crippen LogP contribution in [0.1, 0.15) is 53.0 Å². The topological polar surface area (TPSA) is 175 Å². The minimum atomic E-state index is -1.34. The summed E-state index contributed by atoms with van der Waals surface area (Å²) in [6, 6.07) is 3.88. The van der Waals surface area contributed by atoms with Crippen LogP contribution in [-0.4, -0.2) is 54.3 Å². The molecule has 2 aromatic heterocycles. The number of carboxylic acids is 4. The SMILES string of the molecule is Cc1cc(C(=O)O)c(C(=O)O)nc1C.O=C(O)c1cccnc1C(=O)O. The molecule has 2 rings (SSSR count). The molecule has 26 heavy (non-hydrogen) atoms. The van der Waals surface area contributed by atoms with E-state index in [0.717, 1.165) is 0 Å². The fourth-order valence-corrected chi connectivity index (χ4v) is 1.78. The molecule has 0 aliphatic rings. The van der Waals surface area contributed by atoms with E-state index >= 15 is 0 Å². The van der Waals surface area contributed by atoms with Crippen LogP contribution in [0.5, 0.6) is 0 Å². The predicted octanol–water partition coefficient (Wildman–Crippen LogP) is 1.57. The zero-order valence-electron chi connectivity index (χ0n) is 13.6. The molecule has 4 N–H and O–H groups in total. The molecule has 136 valence electrons. The van der Waals surface area contributed by atoms with Crippen molar-refractivity contribution in [1.29, 1.82) is 0 Å². The van der Waals surface area contributed by atoms with Gasteiger partial charge in [0.15, 0.2) is 11.4 Å². The summed E-state index contributed by atoms with van der Waals surface area (Å²) in [6.07, 6.45) is 1.23. The number of aryl methyl sites for hydroxylation is 2. The standard InChI is InChI=1S/C9H9NO4.C7H5NO4/c1-4-3-6(8(11)12)7(9(13)14)10-5(4)2;9-6(10)4-2-1-3-8-5(4)7(11)12/h3H,1-2H3,(H,11,12)(H,13,14);1-3H,(H,9,10)(H,11,12). The zero-order valence-corrected chi connectivity index (χ0v) is 13.6. The van der Waals surface area contributed by atoms with E-state index in [1.807, 2.05) is 0 Å². The third-order valence-electron chi connectivity index (χ3n) is 3.14. The first-order valence-corrected chi connectivity index (χ1v) is 6.92. The fraction of sp³-hybridized carbons (Fsp3) is 0.125. The average Bonchev–Trinajstić information content (AvgIpc) is 2.57. The highest BCUT2D eigenvalue weighted by atomic mass is 16.4. The van der Waals surface area contributed by atoms with Crippen LogP contribution in [0.25, 0.3) is 0 Å². The molecule has 0 saturated heterocycles. The second-order valence-corrected chi connectivity index (χ2v) is 4.91. The van der Waals surface area contributed by atoms with Crippen LogP contribution >= 0.6 is 0 Å². The largest absolute Gasteiger partial charge is 0.478 e. The normalized spacial score (nSPS) is 9.62. The Morgan fingerprint density at radius 2 is 1.35 bits per heavy atom. The van der Waals surface area contributed by atoms with Crippen molar-refractivity contribution in [3.8, 4) is 0 Å². The molecule has 0 amide bonds. The van der Waals surface area contributed by atoms with Gasteiger partial charge in [-0.1, -0.05) is 0 Å². The molecular weight excluding hydrogens is 348 g/mol. The van der Waals surface area contributed by atoms with Gasteiger partial charge in [0.25, 0.3) is 0 Å². The van der Waals surface area contributed by atoms with E-state index in [4.69, 9.17) is 20.4 Å². The Hall–Kier alpha value is -3.82. The molecule has 0 saturated carbocycles. The van der Waals surface area contributed by atoms with Gasteiger partial charge in [0, 0.05) is 11.9 Å². The van der Waals surface area contributed by atoms with Gasteiger partial charge in [-0.15, -0.1) is 0 Å². The molecule has 0 unspecified atom stereocenters. The highest BCUT2D eigenvalue weighted by Crippen LogP contribution is 2.12. The maximum atomic E-state index is 10.7. The molecule has 0 fully saturated rings. The first kappa shape index (κ1) is 20.2. The maximum Gasteiger partial charge on any atom is 0.355 e. The molecule has 0 aliphatic heterocycles. The van der Waals surface area contributed by atoms with Crippen LogP contribution in [0.3, 0.4) is 0 Å². The number of aromatic carboxylic acids is 4. The van der Waals surface area contributed by atoms with Crippen LogP contribution < -0.4 is 0 Å². The van der Waals surface area contributed by atoms with Gasteiger partial charge in [0.1, 0.15) is 0 Å². The van der Waals surface area contributed by atoms with Crippen molar-refractivity contribution in [2.24, 2.45) is 0 Å². The molecule has 0 radical (unpaired) electrons. The van der Waals surface area contributed by atoms with E-state index in [9.17, 15) is 19.2 Å². The Balaban J connectivity index is 0.000000263. The van der Waals surface area contributed by atoms with Gasteiger partial charge in [-0.2, -0.15) is 0 Å². The molecule has 0 atom stereocenters. The van der Waals surface area contributed by atoms with E-state index in [-0.39, 0.29) is 11.1 Å². The quantitative estimate of drug-likeness (QED) is 0.624. The van der Waals surface area contributed by atoms with E-state index in [2.05, 4.69) is 9.97 Å². The number of carbonyl (C=O) groups is 4. The van der Waals surface area contributed by atoms with Crippen molar-refractivity contribution in [1.82, 2.24) is 9.97 Å². The highest BCUT2D eigenvalue weighted by Gasteiger charge is 2.18. The molecule has 0 aromatic carbocycles. The van der Waals surface area contributed by atoms with E-state index in [1.165, 1.54) is 24.4 Å². The van der Waals surface area contributed by atoms with Gasteiger partial charge in [-0.3, -0.25) is 0 Å². The van der Waals surface area contributed by atoms with Gasteiger partial charge in [0.05, 0.1) is 11.1 Å². The summed E-state index contributed by atoms with van der Waals surface area (Å²) in [5.41, 5.74) is -0.254. The molecule has 10 heteroatoms. The predicted molar refractivity (Wildman–Crippen MR) is 85.8 cm³/mol. The van der Waals surface area contributed by atoms with Crippen LogP contribution in [-0.2, 0) is 0 Å². The average molecular weight is 362 g/mol. The molecular formula is C16H14N2O8. The number of hydrogen-bond donors (Lipinski definition) is 4. The summed E-state index contributed by atoms with van der Waals surface area (Å²) in [5, 5.41) is 34.4. The second kappa shape index (κ2) is 8.33. The Labute approximate surface area is 146 Å². The number of hydrogen-bond acceptors (Lipinski definition) is 6. The van der Waals surface area contributed by atoms with Crippen molar-refractivity contribution < 1.29 is 39.6 Å². The maximum absolute atomic E-state index is 10.7. The zero-order chi connectivity index (χ0) is 20.0. The van der Waals surface area contributed by atoms with E-state index in [0.29, 0.717) is 11.3 Å². The molecule has 0 aliphatic carbocycles. The van der Waals surface area contributed by atoms with Crippen LogP contribution in [0.15, 0.2) is 24.4 Å². The van der Waals surface area contributed by atoms with Crippen molar-refractivity contribution in [3.63, 3.8) is 0 Å². The monoisotopic (exact) mass is 362 g/mol. The number of aromatic nitrogens is 2. The van der Waals surface area contributed by atoms with Crippen molar-refractivity contribution in [2.75, 3.05) is 0 Å². The lowest BCUT2D eigenvalue weighted by Crippen LogP contribution is -2.12.